The summed E-state index contributed by atoms with van der Waals surface area (Å²) in [5.74, 6) is -0.121. The van der Waals surface area contributed by atoms with E-state index in [1.54, 1.807) is 0 Å². The minimum atomic E-state index is -0.132. The fourth-order valence-corrected chi connectivity index (χ4v) is 2.66. The third-order valence-corrected chi connectivity index (χ3v) is 3.81. The highest BCUT2D eigenvalue weighted by atomic mass is 16.7. The number of rotatable bonds is 4. The van der Waals surface area contributed by atoms with Crippen molar-refractivity contribution in [2.75, 3.05) is 33.4 Å². The molecule has 19 heavy (non-hydrogen) atoms. The molecule has 2 aliphatic heterocycles. The van der Waals surface area contributed by atoms with E-state index < -0.39 is 0 Å². The van der Waals surface area contributed by atoms with Crippen LogP contribution in [0.25, 0.3) is 0 Å². The maximum absolute atomic E-state index is 11.6. The number of carbonyl (C=O) groups is 1. The van der Waals surface area contributed by atoms with Gasteiger partial charge in [-0.2, -0.15) is 0 Å². The lowest BCUT2D eigenvalue weighted by molar-refractivity contribution is -0.224. The Balaban J connectivity index is 1.75. The summed E-state index contributed by atoms with van der Waals surface area (Å²) in [5.41, 5.74) is 0.110. The van der Waals surface area contributed by atoms with Crippen LogP contribution in [0.4, 0.5) is 0 Å². The third-order valence-electron chi connectivity index (χ3n) is 3.81. The van der Waals surface area contributed by atoms with E-state index >= 15 is 0 Å². The van der Waals surface area contributed by atoms with E-state index in [1.165, 1.54) is 7.11 Å². The molecule has 2 fully saturated rings. The van der Waals surface area contributed by atoms with E-state index in [0.29, 0.717) is 0 Å². The van der Waals surface area contributed by atoms with Gasteiger partial charge in [-0.3, -0.25) is 9.69 Å². The Labute approximate surface area is 115 Å². The van der Waals surface area contributed by atoms with Crippen LogP contribution in [0.3, 0.4) is 0 Å². The van der Waals surface area contributed by atoms with Crippen molar-refractivity contribution in [3.63, 3.8) is 0 Å². The molecule has 0 saturated carbocycles. The second-order valence-corrected chi connectivity index (χ2v) is 6.22. The van der Waals surface area contributed by atoms with Crippen molar-refractivity contribution in [1.29, 1.82) is 0 Å². The molecule has 0 unspecified atom stereocenters. The molecule has 2 aliphatic rings. The number of esters is 1. The molecule has 0 aliphatic carbocycles. The van der Waals surface area contributed by atoms with E-state index in [2.05, 4.69) is 18.7 Å². The number of methoxy groups -OCH3 is 1. The molecule has 0 amide bonds. The first kappa shape index (κ1) is 14.8. The number of hydrogen-bond acceptors (Lipinski definition) is 5. The molecule has 110 valence electrons. The summed E-state index contributed by atoms with van der Waals surface area (Å²) < 4.78 is 16.3. The smallest absolute Gasteiger partial charge is 0.323 e. The molecule has 0 aromatic heterocycles. The Morgan fingerprint density at radius 2 is 2.05 bits per heavy atom. The highest BCUT2D eigenvalue weighted by Gasteiger charge is 2.33. The number of likely N-dealkylation sites (tertiary alicyclic amines) is 1. The van der Waals surface area contributed by atoms with Gasteiger partial charge in [0, 0.05) is 18.4 Å². The van der Waals surface area contributed by atoms with Crippen LogP contribution in [0, 0.1) is 5.41 Å². The van der Waals surface area contributed by atoms with Crippen LogP contribution in [0.5, 0.6) is 0 Å². The molecule has 0 aromatic carbocycles. The molecule has 0 spiro atoms. The van der Waals surface area contributed by atoms with Gasteiger partial charge in [0.05, 0.1) is 20.3 Å². The Hall–Kier alpha value is -0.650. The Morgan fingerprint density at radius 3 is 2.68 bits per heavy atom. The van der Waals surface area contributed by atoms with Gasteiger partial charge in [0.15, 0.2) is 6.29 Å². The largest absolute Gasteiger partial charge is 0.468 e. The molecule has 2 rings (SSSR count). The first-order valence-electron chi connectivity index (χ1n) is 7.07. The van der Waals surface area contributed by atoms with Gasteiger partial charge in [-0.05, 0) is 19.4 Å². The molecule has 2 saturated heterocycles. The maximum atomic E-state index is 11.6. The minimum absolute atomic E-state index is 0.0787. The van der Waals surface area contributed by atoms with Crippen LogP contribution in [-0.2, 0) is 19.0 Å². The summed E-state index contributed by atoms with van der Waals surface area (Å²) in [5, 5.41) is 0. The van der Waals surface area contributed by atoms with Gasteiger partial charge in [-0.1, -0.05) is 13.8 Å². The highest BCUT2D eigenvalue weighted by Crippen LogP contribution is 2.25. The molecule has 0 radical (unpaired) electrons. The number of carbonyl (C=O) groups excluding carboxylic acids is 1. The van der Waals surface area contributed by atoms with Crippen molar-refractivity contribution in [2.45, 2.75) is 45.4 Å². The summed E-state index contributed by atoms with van der Waals surface area (Å²) in [7, 11) is 1.45. The first-order valence-corrected chi connectivity index (χ1v) is 7.07. The molecule has 0 N–H and O–H groups in total. The molecule has 5 heteroatoms. The van der Waals surface area contributed by atoms with E-state index in [0.717, 1.165) is 45.6 Å². The molecular weight excluding hydrogens is 246 g/mol. The Morgan fingerprint density at radius 1 is 1.37 bits per heavy atom. The van der Waals surface area contributed by atoms with Crippen LogP contribution < -0.4 is 0 Å². The topological polar surface area (TPSA) is 48.0 Å². The molecule has 5 nitrogen and oxygen atoms in total. The minimum Gasteiger partial charge on any atom is -0.468 e. The molecule has 2 heterocycles. The lowest BCUT2D eigenvalue weighted by Crippen LogP contribution is -2.42. The zero-order chi connectivity index (χ0) is 13.9. The predicted molar refractivity (Wildman–Crippen MR) is 70.7 cm³/mol. The number of ether oxygens (including phenoxy) is 3. The average molecular weight is 271 g/mol. The van der Waals surface area contributed by atoms with E-state index in [-0.39, 0.29) is 23.7 Å². The summed E-state index contributed by atoms with van der Waals surface area (Å²) in [4.78, 5) is 13.8. The summed E-state index contributed by atoms with van der Waals surface area (Å²) in [6, 6.07) is -0.0787. The number of hydrogen-bond donors (Lipinski definition) is 0. The predicted octanol–water partition coefficient (Wildman–Crippen LogP) is 1.41. The van der Waals surface area contributed by atoms with Crippen LogP contribution in [0.15, 0.2) is 0 Å². The van der Waals surface area contributed by atoms with Gasteiger partial charge in [0.25, 0.3) is 0 Å². The lowest BCUT2D eigenvalue weighted by atomic mass is 9.95. The summed E-state index contributed by atoms with van der Waals surface area (Å²) >= 11 is 0. The first-order chi connectivity index (χ1) is 9.02. The van der Waals surface area contributed by atoms with E-state index in [9.17, 15) is 4.79 Å². The second-order valence-electron chi connectivity index (χ2n) is 6.22. The zero-order valence-corrected chi connectivity index (χ0v) is 12.2. The molecular formula is C14H25NO4. The lowest BCUT2D eigenvalue weighted by Gasteiger charge is -2.35. The van der Waals surface area contributed by atoms with E-state index in [1.807, 2.05) is 0 Å². The zero-order valence-electron chi connectivity index (χ0n) is 12.2. The fraction of sp³-hybridized carbons (Fsp3) is 0.929. The standard InChI is InChI=1S/C14H25NO4/c1-14(2)9-18-12(19-10-14)6-8-15-7-4-5-11(15)13(16)17-3/h11-12H,4-10H2,1-3H3/t11-/m0/s1. The van der Waals surface area contributed by atoms with Gasteiger partial charge in [0.2, 0.25) is 0 Å². The summed E-state index contributed by atoms with van der Waals surface area (Å²) in [6.45, 7) is 7.52. The third kappa shape index (κ3) is 3.91. The molecule has 0 bridgehead atoms. The summed E-state index contributed by atoms with van der Waals surface area (Å²) in [6.07, 6.45) is 2.63. The van der Waals surface area contributed by atoms with Crippen molar-refractivity contribution in [3.8, 4) is 0 Å². The van der Waals surface area contributed by atoms with Gasteiger partial charge in [-0.15, -0.1) is 0 Å². The number of nitrogens with zero attached hydrogens (tertiary/aromatic N) is 1. The monoisotopic (exact) mass is 271 g/mol. The quantitative estimate of drug-likeness (QED) is 0.724. The SMILES string of the molecule is COC(=O)[C@@H]1CCCN1CCC1OCC(C)(C)CO1. The van der Waals surface area contributed by atoms with Gasteiger partial charge < -0.3 is 14.2 Å². The van der Waals surface area contributed by atoms with Crippen molar-refractivity contribution in [2.24, 2.45) is 5.41 Å². The van der Waals surface area contributed by atoms with Gasteiger partial charge in [0.1, 0.15) is 6.04 Å². The average Bonchev–Trinajstić information content (AvgIpc) is 2.85. The van der Waals surface area contributed by atoms with Crippen LogP contribution in [0.2, 0.25) is 0 Å². The highest BCUT2D eigenvalue weighted by molar-refractivity contribution is 5.75. The Bertz CT molecular complexity index is 309. The van der Waals surface area contributed by atoms with Crippen LogP contribution in [-0.4, -0.2) is 56.6 Å². The van der Waals surface area contributed by atoms with Crippen molar-refractivity contribution in [3.05, 3.63) is 0 Å². The fourth-order valence-electron chi connectivity index (χ4n) is 2.66. The van der Waals surface area contributed by atoms with Gasteiger partial charge in [-0.25, -0.2) is 0 Å². The second kappa shape index (κ2) is 6.20. The van der Waals surface area contributed by atoms with Crippen LogP contribution >= 0.6 is 0 Å². The Kier molecular flexibility index (Phi) is 4.81. The maximum Gasteiger partial charge on any atom is 0.323 e. The van der Waals surface area contributed by atoms with E-state index in [4.69, 9.17) is 14.2 Å². The molecule has 1 atom stereocenters. The van der Waals surface area contributed by atoms with Gasteiger partial charge >= 0.3 is 5.97 Å². The van der Waals surface area contributed by atoms with Crippen molar-refractivity contribution < 1.29 is 19.0 Å². The van der Waals surface area contributed by atoms with Crippen LogP contribution in [0.1, 0.15) is 33.1 Å². The normalized spacial score (nSPS) is 28.5. The van der Waals surface area contributed by atoms with Crippen molar-refractivity contribution >= 4 is 5.97 Å². The van der Waals surface area contributed by atoms with Crippen molar-refractivity contribution in [1.82, 2.24) is 4.90 Å². The molecule has 0 aromatic rings.